The first-order chi connectivity index (χ1) is 15.4. The Morgan fingerprint density at radius 1 is 1.12 bits per heavy atom. The molecule has 3 amide bonds. The Morgan fingerprint density at radius 2 is 1.88 bits per heavy atom. The molecule has 0 saturated heterocycles. The highest BCUT2D eigenvalue weighted by Crippen LogP contribution is 2.23. The second-order valence-corrected chi connectivity index (χ2v) is 7.94. The van der Waals surface area contributed by atoms with E-state index in [2.05, 4.69) is 10.6 Å². The second-order valence-electron chi connectivity index (χ2n) is 7.50. The van der Waals surface area contributed by atoms with Gasteiger partial charge in [0.25, 0.3) is 5.91 Å². The number of nitrogens with one attached hydrogen (secondary N) is 2. The molecule has 2 aromatic carbocycles. The maximum atomic E-state index is 12.9. The number of rotatable bonds is 3. The number of amides is 3. The van der Waals surface area contributed by atoms with E-state index < -0.39 is 6.04 Å². The van der Waals surface area contributed by atoms with E-state index in [4.69, 9.17) is 22.1 Å². The van der Waals surface area contributed by atoms with Crippen LogP contribution in [-0.2, 0) is 16.0 Å². The number of hydrogen-bond donors (Lipinski definition) is 3. The van der Waals surface area contributed by atoms with Crippen LogP contribution in [-0.4, -0.2) is 61.4 Å². The van der Waals surface area contributed by atoms with E-state index in [1.165, 1.54) is 11.0 Å². The molecule has 0 unspecified atom stereocenters. The molecule has 2 aromatic rings. The molecule has 0 aromatic heterocycles. The summed E-state index contributed by atoms with van der Waals surface area (Å²) in [7, 11) is 0. The van der Waals surface area contributed by atoms with Gasteiger partial charge in [-0.05, 0) is 36.6 Å². The predicted molar refractivity (Wildman–Crippen MR) is 129 cm³/mol. The normalized spacial score (nSPS) is 16.1. The van der Waals surface area contributed by atoms with Crippen molar-refractivity contribution in [2.45, 2.75) is 18.9 Å². The largest absolute Gasteiger partial charge is 0.491 e. The Bertz CT molecular complexity index is 959. The number of hydrogen-bond acceptors (Lipinski definition) is 5. The van der Waals surface area contributed by atoms with Crippen LogP contribution in [0.3, 0.4) is 0 Å². The number of halogens is 2. The highest BCUT2D eigenvalue weighted by atomic mass is 35.5. The molecule has 10 heteroatoms. The van der Waals surface area contributed by atoms with Crippen molar-refractivity contribution in [1.82, 2.24) is 15.5 Å². The SMILES string of the molecule is Cl.N[C@@H](Cc1ccccc1)C(=O)N1CCCNC(=O)c2cc(Cl)ccc2OCCNC(=O)C1. The van der Waals surface area contributed by atoms with E-state index >= 15 is 0 Å². The number of nitrogens with zero attached hydrogens (tertiary/aromatic N) is 1. The molecule has 3 rings (SSSR count). The lowest BCUT2D eigenvalue weighted by Gasteiger charge is -2.26. The zero-order chi connectivity index (χ0) is 22.9. The fraction of sp³-hybridized carbons (Fsp3) is 0.348. The third-order valence-corrected chi connectivity index (χ3v) is 5.26. The van der Waals surface area contributed by atoms with Crippen LogP contribution < -0.4 is 21.1 Å². The number of fused-ring (bicyclic) bond motifs is 1. The van der Waals surface area contributed by atoms with Gasteiger partial charge in [0.05, 0.1) is 24.7 Å². The summed E-state index contributed by atoms with van der Waals surface area (Å²) in [6.45, 7) is 0.870. The topological polar surface area (TPSA) is 114 Å². The van der Waals surface area contributed by atoms with Gasteiger partial charge in [-0.1, -0.05) is 41.9 Å². The zero-order valence-electron chi connectivity index (χ0n) is 18.1. The van der Waals surface area contributed by atoms with Crippen LogP contribution in [0.15, 0.2) is 48.5 Å². The second kappa shape index (κ2) is 13.0. The van der Waals surface area contributed by atoms with Crippen molar-refractivity contribution < 1.29 is 19.1 Å². The Kier molecular flexibility index (Phi) is 10.4. The van der Waals surface area contributed by atoms with Crippen molar-refractivity contribution in [3.63, 3.8) is 0 Å². The number of carbonyl (C=O) groups excluding carboxylic acids is 3. The van der Waals surface area contributed by atoms with Crippen molar-refractivity contribution in [2.75, 3.05) is 32.8 Å². The van der Waals surface area contributed by atoms with Gasteiger partial charge in [0.1, 0.15) is 12.4 Å². The van der Waals surface area contributed by atoms with Crippen LogP contribution in [0.1, 0.15) is 22.3 Å². The van der Waals surface area contributed by atoms with E-state index in [0.717, 1.165) is 5.56 Å². The molecule has 0 bridgehead atoms. The average molecular weight is 495 g/mol. The number of benzene rings is 2. The maximum absolute atomic E-state index is 12.9. The Balaban J connectivity index is 0.00000385. The van der Waals surface area contributed by atoms with Gasteiger partial charge in [-0.25, -0.2) is 0 Å². The Hall–Kier alpha value is -2.81. The van der Waals surface area contributed by atoms with Crippen LogP contribution in [0.4, 0.5) is 0 Å². The van der Waals surface area contributed by atoms with Crippen LogP contribution >= 0.6 is 24.0 Å². The van der Waals surface area contributed by atoms with E-state index in [1.807, 2.05) is 30.3 Å². The fourth-order valence-corrected chi connectivity index (χ4v) is 3.58. The molecule has 1 aliphatic heterocycles. The molecule has 1 aliphatic rings. The van der Waals surface area contributed by atoms with Crippen molar-refractivity contribution in [2.24, 2.45) is 5.73 Å². The lowest BCUT2D eigenvalue weighted by molar-refractivity contribution is -0.137. The molecule has 0 fully saturated rings. The lowest BCUT2D eigenvalue weighted by atomic mass is 10.1. The average Bonchev–Trinajstić information content (AvgIpc) is 2.79. The molecule has 0 spiro atoms. The minimum Gasteiger partial charge on any atom is -0.491 e. The standard InChI is InChI=1S/C23H27ClN4O4.ClH/c24-17-7-8-20-18(14-17)22(30)27-9-4-11-28(15-21(29)26-10-12-32-20)23(31)19(25)13-16-5-2-1-3-6-16;/h1-3,5-8,14,19H,4,9-13,15,25H2,(H,26,29)(H,27,30);1H/t19-;/m0./s1. The van der Waals surface area contributed by atoms with Crippen molar-refractivity contribution in [3.8, 4) is 5.75 Å². The summed E-state index contributed by atoms with van der Waals surface area (Å²) >= 11 is 6.03. The minimum atomic E-state index is -0.768. The molecule has 178 valence electrons. The van der Waals surface area contributed by atoms with Gasteiger partial charge in [-0.3, -0.25) is 14.4 Å². The highest BCUT2D eigenvalue weighted by Gasteiger charge is 2.23. The Labute approximate surface area is 204 Å². The van der Waals surface area contributed by atoms with Crippen LogP contribution in [0, 0.1) is 0 Å². The van der Waals surface area contributed by atoms with Gasteiger partial charge in [-0.15, -0.1) is 12.4 Å². The van der Waals surface area contributed by atoms with E-state index in [-0.39, 0.29) is 56.4 Å². The van der Waals surface area contributed by atoms with Crippen molar-refractivity contribution >= 4 is 41.7 Å². The smallest absolute Gasteiger partial charge is 0.255 e. The van der Waals surface area contributed by atoms with Gasteiger partial charge in [0.15, 0.2) is 0 Å². The fourth-order valence-electron chi connectivity index (χ4n) is 3.41. The summed E-state index contributed by atoms with van der Waals surface area (Å²) in [6.07, 6.45) is 0.833. The third-order valence-electron chi connectivity index (χ3n) is 5.02. The summed E-state index contributed by atoms with van der Waals surface area (Å²) in [5.74, 6) is -0.536. The first-order valence-corrected chi connectivity index (χ1v) is 10.9. The van der Waals surface area contributed by atoms with Gasteiger partial charge in [0.2, 0.25) is 11.8 Å². The quantitative estimate of drug-likeness (QED) is 0.601. The van der Waals surface area contributed by atoms with Gasteiger partial charge < -0.3 is 26.0 Å². The predicted octanol–water partition coefficient (Wildman–Crippen LogP) is 1.79. The number of nitrogens with two attached hydrogens (primary N) is 1. The summed E-state index contributed by atoms with van der Waals surface area (Å²) in [4.78, 5) is 39.4. The van der Waals surface area contributed by atoms with E-state index in [9.17, 15) is 14.4 Å². The molecule has 1 atom stereocenters. The molecular weight excluding hydrogens is 467 g/mol. The van der Waals surface area contributed by atoms with Crippen molar-refractivity contribution in [3.05, 3.63) is 64.7 Å². The minimum absolute atomic E-state index is 0. The summed E-state index contributed by atoms with van der Waals surface area (Å²) < 4.78 is 5.65. The molecular formula is C23H28Cl2N4O4. The van der Waals surface area contributed by atoms with Crippen LogP contribution in [0.25, 0.3) is 0 Å². The van der Waals surface area contributed by atoms with Crippen LogP contribution in [0.5, 0.6) is 5.75 Å². The molecule has 33 heavy (non-hydrogen) atoms. The lowest BCUT2D eigenvalue weighted by Crippen LogP contribution is -2.49. The first kappa shape index (κ1) is 26.4. The maximum Gasteiger partial charge on any atom is 0.255 e. The number of carbonyl (C=O) groups is 3. The summed E-state index contributed by atoms with van der Waals surface area (Å²) in [5.41, 5.74) is 7.42. The molecule has 8 nitrogen and oxygen atoms in total. The van der Waals surface area contributed by atoms with Crippen molar-refractivity contribution in [1.29, 1.82) is 0 Å². The molecule has 0 radical (unpaired) electrons. The molecule has 0 saturated carbocycles. The third kappa shape index (κ3) is 7.92. The monoisotopic (exact) mass is 494 g/mol. The van der Waals surface area contributed by atoms with Crippen LogP contribution in [0.2, 0.25) is 5.02 Å². The van der Waals surface area contributed by atoms with Gasteiger partial charge in [-0.2, -0.15) is 0 Å². The first-order valence-electron chi connectivity index (χ1n) is 10.5. The van der Waals surface area contributed by atoms with E-state index in [1.54, 1.807) is 12.1 Å². The molecule has 4 N–H and O–H groups in total. The molecule has 0 aliphatic carbocycles. The highest BCUT2D eigenvalue weighted by molar-refractivity contribution is 6.31. The number of ether oxygens (including phenoxy) is 1. The summed E-state index contributed by atoms with van der Waals surface area (Å²) in [6, 6.07) is 13.5. The van der Waals surface area contributed by atoms with E-state index in [0.29, 0.717) is 35.7 Å². The van der Waals surface area contributed by atoms with Gasteiger partial charge in [0, 0.05) is 18.1 Å². The summed E-state index contributed by atoms with van der Waals surface area (Å²) in [5, 5.41) is 5.97. The molecule has 1 heterocycles. The Morgan fingerprint density at radius 3 is 2.64 bits per heavy atom. The zero-order valence-corrected chi connectivity index (χ0v) is 19.7. The van der Waals surface area contributed by atoms with Gasteiger partial charge >= 0.3 is 0 Å².